The molecule has 24 heavy (non-hydrogen) atoms. The van der Waals surface area contributed by atoms with Crippen molar-refractivity contribution in [3.05, 3.63) is 64.7 Å². The van der Waals surface area contributed by atoms with E-state index in [0.717, 1.165) is 28.2 Å². The molecule has 6 heteroatoms. The average Bonchev–Trinajstić information content (AvgIpc) is 2.50. The number of hydrogen-bond acceptors (Lipinski definition) is 2. The molecule has 126 valence electrons. The number of rotatable bonds is 4. The van der Waals surface area contributed by atoms with Gasteiger partial charge in [-0.2, -0.15) is 0 Å². The maximum atomic E-state index is 13.7. The third kappa shape index (κ3) is 3.76. The smallest absolute Gasteiger partial charge is 0.260 e. The number of benzene rings is 2. The molecule has 0 unspecified atom stereocenters. The van der Waals surface area contributed by atoms with Crippen LogP contribution >= 0.6 is 0 Å². The summed E-state index contributed by atoms with van der Waals surface area (Å²) in [6.45, 7) is 3.39. The van der Waals surface area contributed by atoms with Crippen molar-refractivity contribution < 1.29 is 18.4 Å². The van der Waals surface area contributed by atoms with Gasteiger partial charge in [0, 0.05) is 12.7 Å². The SMILES string of the molecule is Cc1cccc(C)c1NC(=O)CN(C)C(=O)c1c(F)cccc1F. The summed E-state index contributed by atoms with van der Waals surface area (Å²) < 4.78 is 27.3. The van der Waals surface area contributed by atoms with Gasteiger partial charge in [0.15, 0.2) is 0 Å². The lowest BCUT2D eigenvalue weighted by molar-refractivity contribution is -0.116. The van der Waals surface area contributed by atoms with Gasteiger partial charge in [-0.3, -0.25) is 9.59 Å². The monoisotopic (exact) mass is 332 g/mol. The van der Waals surface area contributed by atoms with Gasteiger partial charge in [-0.05, 0) is 37.1 Å². The van der Waals surface area contributed by atoms with E-state index in [1.807, 2.05) is 32.0 Å². The van der Waals surface area contributed by atoms with E-state index in [0.29, 0.717) is 5.69 Å². The summed E-state index contributed by atoms with van der Waals surface area (Å²) in [6.07, 6.45) is 0. The molecule has 0 aliphatic heterocycles. The molecule has 0 saturated heterocycles. The van der Waals surface area contributed by atoms with Gasteiger partial charge >= 0.3 is 0 Å². The minimum absolute atomic E-state index is 0.319. The summed E-state index contributed by atoms with van der Waals surface area (Å²) in [5, 5.41) is 2.72. The Balaban J connectivity index is 2.10. The fraction of sp³-hybridized carbons (Fsp3) is 0.222. The highest BCUT2D eigenvalue weighted by Gasteiger charge is 2.22. The topological polar surface area (TPSA) is 49.4 Å². The zero-order valence-corrected chi connectivity index (χ0v) is 13.7. The second-order valence-corrected chi connectivity index (χ2v) is 5.57. The van der Waals surface area contributed by atoms with Crippen molar-refractivity contribution in [1.29, 1.82) is 0 Å². The van der Waals surface area contributed by atoms with Crippen molar-refractivity contribution in [3.63, 3.8) is 0 Å². The van der Waals surface area contributed by atoms with Gasteiger partial charge in [-0.1, -0.05) is 24.3 Å². The lowest BCUT2D eigenvalue weighted by Crippen LogP contribution is -2.36. The van der Waals surface area contributed by atoms with Crippen LogP contribution in [-0.2, 0) is 4.79 Å². The number of anilines is 1. The maximum absolute atomic E-state index is 13.7. The van der Waals surface area contributed by atoms with Crippen LogP contribution in [0.25, 0.3) is 0 Å². The molecule has 0 aliphatic rings. The van der Waals surface area contributed by atoms with Crippen LogP contribution in [0, 0.1) is 25.5 Å². The van der Waals surface area contributed by atoms with Crippen LogP contribution in [0.4, 0.5) is 14.5 Å². The van der Waals surface area contributed by atoms with Crippen molar-refractivity contribution in [2.24, 2.45) is 0 Å². The molecule has 0 heterocycles. The van der Waals surface area contributed by atoms with E-state index in [-0.39, 0.29) is 6.54 Å². The van der Waals surface area contributed by atoms with E-state index in [1.165, 1.54) is 13.1 Å². The van der Waals surface area contributed by atoms with E-state index in [1.54, 1.807) is 0 Å². The second-order valence-electron chi connectivity index (χ2n) is 5.57. The molecule has 4 nitrogen and oxygen atoms in total. The van der Waals surface area contributed by atoms with Crippen molar-refractivity contribution in [1.82, 2.24) is 4.90 Å². The van der Waals surface area contributed by atoms with Gasteiger partial charge in [0.1, 0.15) is 17.2 Å². The molecular weight excluding hydrogens is 314 g/mol. The molecule has 0 radical (unpaired) electrons. The van der Waals surface area contributed by atoms with Crippen LogP contribution < -0.4 is 5.32 Å². The van der Waals surface area contributed by atoms with Gasteiger partial charge in [-0.15, -0.1) is 0 Å². The number of nitrogens with one attached hydrogen (secondary N) is 1. The highest BCUT2D eigenvalue weighted by Crippen LogP contribution is 2.19. The van der Waals surface area contributed by atoms with Gasteiger partial charge in [0.05, 0.1) is 6.54 Å². The van der Waals surface area contributed by atoms with E-state index in [4.69, 9.17) is 0 Å². The average molecular weight is 332 g/mol. The molecule has 0 atom stereocenters. The lowest BCUT2D eigenvalue weighted by atomic mass is 10.1. The fourth-order valence-corrected chi connectivity index (χ4v) is 2.37. The third-order valence-corrected chi connectivity index (χ3v) is 3.65. The van der Waals surface area contributed by atoms with Crippen LogP contribution in [-0.4, -0.2) is 30.3 Å². The summed E-state index contributed by atoms with van der Waals surface area (Å²) in [6, 6.07) is 8.76. The van der Waals surface area contributed by atoms with Crippen molar-refractivity contribution in [2.75, 3.05) is 18.9 Å². The maximum Gasteiger partial charge on any atom is 0.260 e. The molecule has 0 aromatic heterocycles. The Bertz CT molecular complexity index is 750. The van der Waals surface area contributed by atoms with Crippen LogP contribution in [0.2, 0.25) is 0 Å². The number of carbonyl (C=O) groups is 2. The third-order valence-electron chi connectivity index (χ3n) is 3.65. The van der Waals surface area contributed by atoms with Crippen molar-refractivity contribution in [2.45, 2.75) is 13.8 Å². The molecule has 0 aliphatic carbocycles. The highest BCUT2D eigenvalue weighted by atomic mass is 19.1. The largest absolute Gasteiger partial charge is 0.332 e. The highest BCUT2D eigenvalue weighted by molar-refractivity contribution is 6.00. The fourth-order valence-electron chi connectivity index (χ4n) is 2.37. The summed E-state index contributed by atoms with van der Waals surface area (Å²) in [4.78, 5) is 25.3. The molecule has 0 saturated carbocycles. The Morgan fingerprint density at radius 1 is 1.00 bits per heavy atom. The zero-order chi connectivity index (χ0) is 17.9. The standard InChI is InChI=1S/C18H18F2N2O2/c1-11-6-4-7-12(2)17(11)21-15(23)10-22(3)18(24)16-13(19)8-5-9-14(16)20/h4-9H,10H2,1-3H3,(H,21,23). The Kier molecular flexibility index (Phi) is 5.28. The van der Waals surface area contributed by atoms with E-state index in [9.17, 15) is 18.4 Å². The van der Waals surface area contributed by atoms with E-state index < -0.39 is 29.0 Å². The predicted octanol–water partition coefficient (Wildman–Crippen LogP) is 3.29. The number of amides is 2. The first-order valence-electron chi connectivity index (χ1n) is 7.36. The Morgan fingerprint density at radius 2 is 1.50 bits per heavy atom. The van der Waals surface area contributed by atoms with Crippen LogP contribution in [0.1, 0.15) is 21.5 Å². The Morgan fingerprint density at radius 3 is 2.04 bits per heavy atom. The molecule has 2 aromatic carbocycles. The number of aryl methyl sites for hydroxylation is 2. The molecule has 0 fully saturated rings. The lowest BCUT2D eigenvalue weighted by Gasteiger charge is -2.18. The first-order chi connectivity index (χ1) is 11.3. The summed E-state index contributed by atoms with van der Waals surface area (Å²) >= 11 is 0. The number of nitrogens with zero attached hydrogens (tertiary/aromatic N) is 1. The zero-order valence-electron chi connectivity index (χ0n) is 13.7. The summed E-state index contributed by atoms with van der Waals surface area (Å²) in [5.41, 5.74) is 1.77. The van der Waals surface area contributed by atoms with Crippen LogP contribution in [0.5, 0.6) is 0 Å². The first kappa shape index (κ1) is 17.6. The molecular formula is C18H18F2N2O2. The minimum Gasteiger partial charge on any atom is -0.332 e. The van der Waals surface area contributed by atoms with Gasteiger partial charge < -0.3 is 10.2 Å². The van der Waals surface area contributed by atoms with Gasteiger partial charge in [0.2, 0.25) is 5.91 Å². The number of hydrogen-bond donors (Lipinski definition) is 1. The molecule has 2 aromatic rings. The number of likely N-dealkylation sites (N-methyl/N-ethyl adjacent to an activating group) is 1. The van der Waals surface area contributed by atoms with E-state index >= 15 is 0 Å². The predicted molar refractivity (Wildman–Crippen MR) is 87.9 cm³/mol. The molecule has 0 bridgehead atoms. The Hall–Kier alpha value is -2.76. The quantitative estimate of drug-likeness (QED) is 0.934. The van der Waals surface area contributed by atoms with Crippen LogP contribution in [0.3, 0.4) is 0 Å². The summed E-state index contributed by atoms with van der Waals surface area (Å²) in [7, 11) is 1.32. The number of para-hydroxylation sites is 1. The molecule has 2 amide bonds. The first-order valence-corrected chi connectivity index (χ1v) is 7.36. The number of carbonyl (C=O) groups excluding carboxylic acids is 2. The Labute approximate surface area is 139 Å². The van der Waals surface area contributed by atoms with Gasteiger partial charge in [-0.25, -0.2) is 8.78 Å². The van der Waals surface area contributed by atoms with Crippen LogP contribution in [0.15, 0.2) is 36.4 Å². The minimum atomic E-state index is -0.956. The normalized spacial score (nSPS) is 10.4. The molecule has 2 rings (SSSR count). The van der Waals surface area contributed by atoms with Crippen molar-refractivity contribution in [3.8, 4) is 0 Å². The second kappa shape index (κ2) is 7.21. The van der Waals surface area contributed by atoms with Crippen molar-refractivity contribution >= 4 is 17.5 Å². The number of halogens is 2. The van der Waals surface area contributed by atoms with Gasteiger partial charge in [0.25, 0.3) is 5.91 Å². The molecule has 0 spiro atoms. The molecule has 1 N–H and O–H groups in total. The summed E-state index contributed by atoms with van der Waals surface area (Å²) in [5.74, 6) is -3.24. The van der Waals surface area contributed by atoms with E-state index in [2.05, 4.69) is 5.32 Å².